The van der Waals surface area contributed by atoms with E-state index in [1.54, 1.807) is 13.8 Å². The summed E-state index contributed by atoms with van der Waals surface area (Å²) in [6.45, 7) is -1.75. The average molecular weight is 261 g/mol. The summed E-state index contributed by atoms with van der Waals surface area (Å²) in [6, 6.07) is 0. The number of imide groups is 1. The first-order valence-electron chi connectivity index (χ1n) is 4.65. The number of hydrogen-bond donors (Lipinski definition) is 0. The zero-order valence-electron chi connectivity index (χ0n) is 9.60. The molecule has 1 rings (SSSR count). The van der Waals surface area contributed by atoms with Gasteiger partial charge in [-0.25, -0.2) is 0 Å². The van der Waals surface area contributed by atoms with Crippen LogP contribution in [0.5, 0.6) is 0 Å². The average Bonchev–Trinajstić information content (AvgIpc) is 1.93. The van der Waals surface area contributed by atoms with Crippen molar-refractivity contribution in [3.63, 3.8) is 0 Å². The Labute approximate surface area is 135 Å². The SMILES string of the molecule is CC1(C)CC(=O)N(C[B-](F)(F)F)C(=O)C1.[K+]. The molecule has 0 bridgehead atoms. The van der Waals surface area contributed by atoms with E-state index in [-0.39, 0.29) is 64.2 Å². The molecule has 1 aliphatic heterocycles. The van der Waals surface area contributed by atoms with Crippen molar-refractivity contribution in [3.8, 4) is 0 Å². The number of hydrogen-bond acceptors (Lipinski definition) is 2. The molecule has 16 heavy (non-hydrogen) atoms. The maximum absolute atomic E-state index is 12.1. The fourth-order valence-corrected chi connectivity index (χ4v) is 1.62. The predicted molar refractivity (Wildman–Crippen MR) is 48.8 cm³/mol. The smallest absolute Gasteiger partial charge is 0.448 e. The molecule has 0 atom stereocenters. The summed E-state index contributed by atoms with van der Waals surface area (Å²) >= 11 is 0. The van der Waals surface area contributed by atoms with E-state index in [0.717, 1.165) is 0 Å². The van der Waals surface area contributed by atoms with Gasteiger partial charge < -0.3 is 17.8 Å². The molecule has 0 N–H and O–H groups in total. The maximum atomic E-state index is 12.1. The monoisotopic (exact) mass is 261 g/mol. The molecular formula is C8H12BF3KNO2. The molecule has 0 radical (unpaired) electrons. The van der Waals surface area contributed by atoms with Crippen LogP contribution in [0.1, 0.15) is 26.7 Å². The standard InChI is InChI=1S/C8H12BF3NO2.K/c1-8(2)3-6(14)13(7(15)4-8)5-9(10,11)12;/h3-5H2,1-2H3;/q-1;+1. The first kappa shape index (κ1) is 16.6. The topological polar surface area (TPSA) is 37.4 Å². The van der Waals surface area contributed by atoms with E-state index in [4.69, 9.17) is 0 Å². The van der Waals surface area contributed by atoms with Gasteiger partial charge >= 0.3 is 58.4 Å². The molecule has 0 aromatic heterocycles. The summed E-state index contributed by atoms with van der Waals surface area (Å²) in [5, 5.41) is 0. The van der Waals surface area contributed by atoms with Crippen LogP contribution in [0.2, 0.25) is 0 Å². The Kier molecular flexibility index (Phi) is 5.73. The van der Waals surface area contributed by atoms with Crippen LogP contribution < -0.4 is 51.4 Å². The molecule has 3 nitrogen and oxygen atoms in total. The minimum atomic E-state index is -5.14. The van der Waals surface area contributed by atoms with Crippen molar-refractivity contribution in [3.05, 3.63) is 0 Å². The number of piperidine rings is 1. The number of carbonyl (C=O) groups is 2. The molecule has 0 aromatic rings. The summed E-state index contributed by atoms with van der Waals surface area (Å²) < 4.78 is 36.3. The van der Waals surface area contributed by atoms with Gasteiger partial charge in [-0.3, -0.25) is 9.59 Å². The minimum absolute atomic E-state index is 0. The third kappa shape index (κ3) is 4.87. The molecule has 0 unspecified atom stereocenters. The zero-order chi connectivity index (χ0) is 11.9. The van der Waals surface area contributed by atoms with Crippen molar-refractivity contribution in [2.24, 2.45) is 5.41 Å². The number of halogens is 3. The molecule has 1 saturated heterocycles. The van der Waals surface area contributed by atoms with Crippen LogP contribution >= 0.6 is 0 Å². The molecule has 1 heterocycles. The Bertz CT molecular complexity index is 286. The summed E-state index contributed by atoms with van der Waals surface area (Å²) in [6.07, 6.45) is -1.43. The second-order valence-corrected chi connectivity index (χ2v) is 4.63. The second kappa shape index (κ2) is 5.52. The van der Waals surface area contributed by atoms with Gasteiger partial charge in [-0.15, -0.1) is 0 Å². The molecule has 0 aromatic carbocycles. The van der Waals surface area contributed by atoms with Gasteiger partial charge in [0, 0.05) is 12.8 Å². The molecule has 86 valence electrons. The van der Waals surface area contributed by atoms with Crippen LogP contribution in [0.4, 0.5) is 12.9 Å². The Balaban J connectivity index is 0.00000225. The summed E-state index contributed by atoms with van der Waals surface area (Å²) in [5.74, 6) is -1.45. The normalized spacial score (nSPS) is 20.7. The first-order chi connectivity index (χ1) is 6.61. The van der Waals surface area contributed by atoms with Gasteiger partial charge in [0.25, 0.3) is 0 Å². The summed E-state index contributed by atoms with van der Waals surface area (Å²) in [4.78, 5) is 23.0. The van der Waals surface area contributed by atoms with Gasteiger partial charge in [0.2, 0.25) is 11.8 Å². The second-order valence-electron chi connectivity index (χ2n) is 4.63. The summed E-state index contributed by atoms with van der Waals surface area (Å²) in [7, 11) is 0. The van der Waals surface area contributed by atoms with Crippen LogP contribution in [0.15, 0.2) is 0 Å². The zero-order valence-corrected chi connectivity index (χ0v) is 12.7. The van der Waals surface area contributed by atoms with E-state index < -0.39 is 30.7 Å². The van der Waals surface area contributed by atoms with E-state index in [1.807, 2.05) is 0 Å². The van der Waals surface area contributed by atoms with Crippen molar-refractivity contribution in [2.45, 2.75) is 26.7 Å². The van der Waals surface area contributed by atoms with E-state index in [9.17, 15) is 22.5 Å². The predicted octanol–water partition coefficient (Wildman–Crippen LogP) is -1.45. The molecular weight excluding hydrogens is 249 g/mol. The molecule has 0 aliphatic carbocycles. The molecule has 0 spiro atoms. The fourth-order valence-electron chi connectivity index (χ4n) is 1.62. The molecule has 8 heteroatoms. The quantitative estimate of drug-likeness (QED) is 0.450. The Morgan fingerprint density at radius 2 is 1.56 bits per heavy atom. The van der Waals surface area contributed by atoms with E-state index >= 15 is 0 Å². The molecule has 0 saturated carbocycles. The summed E-state index contributed by atoms with van der Waals surface area (Å²) in [5.41, 5.74) is -0.525. The molecule has 1 fully saturated rings. The maximum Gasteiger partial charge on any atom is 1.00 e. The van der Waals surface area contributed by atoms with Crippen molar-refractivity contribution < 1.29 is 73.9 Å². The van der Waals surface area contributed by atoms with Gasteiger partial charge in [-0.05, 0) is 11.9 Å². The number of rotatable bonds is 2. The number of likely N-dealkylation sites (tertiary alicyclic amines) is 1. The van der Waals surface area contributed by atoms with Gasteiger partial charge in [0.1, 0.15) is 0 Å². The van der Waals surface area contributed by atoms with Crippen molar-refractivity contribution >= 4 is 18.8 Å². The largest absolute Gasteiger partial charge is 1.00 e. The van der Waals surface area contributed by atoms with Crippen LogP contribution in [0.25, 0.3) is 0 Å². The Hall–Kier alpha value is 0.631. The molecule has 1 aliphatic rings. The van der Waals surface area contributed by atoms with Crippen LogP contribution in [-0.4, -0.2) is 30.1 Å². The third-order valence-electron chi connectivity index (χ3n) is 2.25. The van der Waals surface area contributed by atoms with Crippen molar-refractivity contribution in [1.82, 2.24) is 4.90 Å². The van der Waals surface area contributed by atoms with E-state index in [0.29, 0.717) is 4.90 Å². The fraction of sp³-hybridized carbons (Fsp3) is 0.750. The van der Waals surface area contributed by atoms with Gasteiger partial charge in [-0.1, -0.05) is 13.8 Å². The van der Waals surface area contributed by atoms with Gasteiger partial charge in [-0.2, -0.15) is 0 Å². The third-order valence-corrected chi connectivity index (χ3v) is 2.25. The Morgan fingerprint density at radius 1 is 1.19 bits per heavy atom. The number of carbonyl (C=O) groups excluding carboxylic acids is 2. The van der Waals surface area contributed by atoms with Crippen LogP contribution in [-0.2, 0) is 9.59 Å². The van der Waals surface area contributed by atoms with E-state index in [1.165, 1.54) is 0 Å². The minimum Gasteiger partial charge on any atom is -0.448 e. The van der Waals surface area contributed by atoms with Crippen molar-refractivity contribution in [2.75, 3.05) is 6.44 Å². The Morgan fingerprint density at radius 3 is 1.88 bits per heavy atom. The van der Waals surface area contributed by atoms with Crippen LogP contribution in [0, 0.1) is 5.41 Å². The van der Waals surface area contributed by atoms with E-state index in [2.05, 4.69) is 0 Å². The van der Waals surface area contributed by atoms with Gasteiger partial charge in [0.15, 0.2) is 0 Å². The number of amides is 2. The van der Waals surface area contributed by atoms with Crippen molar-refractivity contribution in [1.29, 1.82) is 0 Å². The number of nitrogens with zero attached hydrogens (tertiary/aromatic N) is 1. The van der Waals surface area contributed by atoms with Crippen LogP contribution in [0.3, 0.4) is 0 Å². The van der Waals surface area contributed by atoms with Gasteiger partial charge in [0.05, 0.1) is 0 Å². The molecule has 2 amide bonds. The first-order valence-corrected chi connectivity index (χ1v) is 4.65.